The Bertz CT molecular complexity index is 1050. The summed E-state index contributed by atoms with van der Waals surface area (Å²) in [4.78, 5) is 72.3. The normalized spacial score (nSPS) is 22.7. The maximum absolute atomic E-state index is 14.0. The van der Waals surface area contributed by atoms with Crippen LogP contribution in [0.2, 0.25) is 0 Å². The lowest BCUT2D eigenvalue weighted by Crippen LogP contribution is -2.80. The van der Waals surface area contributed by atoms with E-state index in [2.05, 4.69) is 0 Å². The number of ether oxygens (including phenoxy) is 1. The first-order chi connectivity index (χ1) is 16.4. The van der Waals surface area contributed by atoms with E-state index in [-0.39, 0.29) is 12.8 Å². The molecule has 1 heterocycles. The standard InChI is InChI=1S/C23H33N3O10/c1-21(2,3)26(19(33)12(24)7-10-17(30)31)23(20(34)36-25-15(28)8-9-16(25)29)18(32)13(35-6)11-14(27)22(23,4)5/h8-9,12-13,28-29H,7,10-11,24H2,1-6H3,(H,30,31)/t12-,13?,23+/m0/s1. The topological polar surface area (TPSA) is 199 Å². The summed E-state index contributed by atoms with van der Waals surface area (Å²) >= 11 is 0. The SMILES string of the molecule is COC1CC(=O)C(C)(C)[C@@](C(=O)On2c(O)ccc2O)(N(C(=O)[C@@H](N)CCC(=O)O)C(C)(C)C)C1=O. The van der Waals surface area contributed by atoms with E-state index < -0.39 is 76.2 Å². The van der Waals surface area contributed by atoms with E-state index in [0.29, 0.717) is 4.73 Å². The number of aromatic nitrogens is 1. The van der Waals surface area contributed by atoms with Crippen molar-refractivity contribution in [2.75, 3.05) is 7.11 Å². The molecule has 1 aliphatic carbocycles. The maximum Gasteiger partial charge on any atom is 0.367 e. The van der Waals surface area contributed by atoms with Crippen LogP contribution in [0.3, 0.4) is 0 Å². The smallest absolute Gasteiger partial charge is 0.367 e. The molecule has 0 aliphatic heterocycles. The minimum absolute atomic E-state index is 0.318. The van der Waals surface area contributed by atoms with Gasteiger partial charge in [-0.1, -0.05) is 0 Å². The molecule has 0 saturated heterocycles. The summed E-state index contributed by atoms with van der Waals surface area (Å²) in [5, 5.41) is 29.1. The van der Waals surface area contributed by atoms with Crippen LogP contribution in [0.4, 0.5) is 0 Å². The van der Waals surface area contributed by atoms with E-state index in [1.165, 1.54) is 34.6 Å². The molecule has 1 aromatic heterocycles. The fraction of sp³-hybridized carbons (Fsp3) is 0.609. The Hall–Kier alpha value is -3.45. The van der Waals surface area contributed by atoms with Crippen molar-refractivity contribution in [3.05, 3.63) is 12.1 Å². The summed E-state index contributed by atoms with van der Waals surface area (Å²) in [6, 6.07) is 0.571. The molecule has 1 amide bonds. The number of ketones is 2. The van der Waals surface area contributed by atoms with Gasteiger partial charge >= 0.3 is 11.9 Å². The van der Waals surface area contributed by atoms with E-state index in [0.717, 1.165) is 24.1 Å². The number of nitrogens with two attached hydrogens (primary N) is 1. The van der Waals surface area contributed by atoms with Crippen LogP contribution < -0.4 is 10.6 Å². The molecule has 3 atom stereocenters. The second-order valence-electron chi connectivity index (χ2n) is 10.2. The zero-order chi connectivity index (χ0) is 27.8. The molecule has 1 fully saturated rings. The number of carbonyl (C=O) groups is 5. The molecule has 5 N–H and O–H groups in total. The highest BCUT2D eigenvalue weighted by Gasteiger charge is 2.72. The van der Waals surface area contributed by atoms with Gasteiger partial charge < -0.3 is 35.5 Å². The van der Waals surface area contributed by atoms with Crippen LogP contribution in [0, 0.1) is 5.41 Å². The molecule has 1 aromatic rings. The Morgan fingerprint density at radius 2 is 1.72 bits per heavy atom. The van der Waals surface area contributed by atoms with E-state index in [4.69, 9.17) is 20.4 Å². The van der Waals surface area contributed by atoms with Crippen LogP contribution in [0.15, 0.2) is 12.1 Å². The minimum atomic E-state index is -2.68. The number of methoxy groups -OCH3 is 1. The van der Waals surface area contributed by atoms with Crippen molar-refractivity contribution in [2.24, 2.45) is 11.1 Å². The largest absolute Gasteiger partial charge is 0.492 e. The van der Waals surface area contributed by atoms with E-state index in [1.807, 2.05) is 0 Å². The monoisotopic (exact) mass is 511 g/mol. The third-order valence-corrected chi connectivity index (χ3v) is 6.39. The van der Waals surface area contributed by atoms with E-state index in [9.17, 15) is 34.2 Å². The van der Waals surface area contributed by atoms with Gasteiger partial charge in [0, 0.05) is 37.6 Å². The van der Waals surface area contributed by atoms with Gasteiger partial charge in [0.2, 0.25) is 23.2 Å². The van der Waals surface area contributed by atoms with Crippen LogP contribution >= 0.6 is 0 Å². The van der Waals surface area contributed by atoms with Crippen molar-refractivity contribution in [1.29, 1.82) is 0 Å². The minimum Gasteiger partial charge on any atom is -0.492 e. The number of carboxylic acids is 1. The van der Waals surface area contributed by atoms with Gasteiger partial charge in [0.05, 0.1) is 11.5 Å². The lowest BCUT2D eigenvalue weighted by Gasteiger charge is -2.56. The van der Waals surface area contributed by atoms with Crippen molar-refractivity contribution < 1.29 is 48.9 Å². The number of nitrogens with zero attached hydrogens (tertiary/aromatic N) is 2. The fourth-order valence-corrected chi connectivity index (χ4v) is 4.50. The van der Waals surface area contributed by atoms with Crippen LogP contribution in [-0.2, 0) is 28.7 Å². The zero-order valence-corrected chi connectivity index (χ0v) is 21.1. The van der Waals surface area contributed by atoms with Gasteiger partial charge in [-0.3, -0.25) is 19.2 Å². The molecule has 2 rings (SSSR count). The predicted octanol–water partition coefficient (Wildman–Crippen LogP) is -0.00440. The molecule has 200 valence electrons. The number of hydrogen-bond donors (Lipinski definition) is 4. The van der Waals surface area contributed by atoms with Gasteiger partial charge in [0.15, 0.2) is 5.78 Å². The molecular formula is C23H33N3O10. The van der Waals surface area contributed by atoms with Crippen molar-refractivity contribution in [3.8, 4) is 11.8 Å². The summed E-state index contributed by atoms with van der Waals surface area (Å²) in [7, 11) is 1.16. The number of Topliss-reactive ketones (excluding diaryl/α,β-unsaturated/α-hetero) is 2. The molecular weight excluding hydrogens is 478 g/mol. The van der Waals surface area contributed by atoms with Crippen molar-refractivity contribution >= 4 is 29.4 Å². The Morgan fingerprint density at radius 1 is 1.19 bits per heavy atom. The summed E-state index contributed by atoms with van der Waals surface area (Å²) in [6.07, 6.45) is -2.60. The second-order valence-corrected chi connectivity index (χ2v) is 10.2. The summed E-state index contributed by atoms with van der Waals surface area (Å²) in [5.41, 5.74) is 0.106. The second kappa shape index (κ2) is 9.90. The molecule has 0 radical (unpaired) electrons. The number of amides is 1. The first-order valence-electron chi connectivity index (χ1n) is 11.2. The summed E-state index contributed by atoms with van der Waals surface area (Å²) in [5.74, 6) is -6.61. The van der Waals surface area contributed by atoms with Crippen molar-refractivity contribution in [1.82, 2.24) is 9.63 Å². The van der Waals surface area contributed by atoms with Gasteiger partial charge in [-0.05, 0) is 41.0 Å². The zero-order valence-electron chi connectivity index (χ0n) is 21.1. The van der Waals surface area contributed by atoms with Gasteiger partial charge in [-0.25, -0.2) is 4.79 Å². The molecule has 1 unspecified atom stereocenters. The Labute approximate surface area is 207 Å². The number of carbonyl (C=O) groups excluding carboxylic acids is 4. The molecule has 1 saturated carbocycles. The Balaban J connectivity index is 2.86. The number of aromatic hydroxyl groups is 2. The van der Waals surface area contributed by atoms with Crippen molar-refractivity contribution in [3.63, 3.8) is 0 Å². The van der Waals surface area contributed by atoms with Crippen LogP contribution in [0.5, 0.6) is 11.8 Å². The van der Waals surface area contributed by atoms with E-state index >= 15 is 0 Å². The average molecular weight is 512 g/mol. The van der Waals surface area contributed by atoms with E-state index in [1.54, 1.807) is 0 Å². The third kappa shape index (κ3) is 4.67. The first-order valence-corrected chi connectivity index (χ1v) is 11.2. The van der Waals surface area contributed by atoms with Gasteiger partial charge in [0.25, 0.3) is 0 Å². The van der Waals surface area contributed by atoms with Crippen LogP contribution in [-0.4, -0.2) is 84.7 Å². The highest BCUT2D eigenvalue weighted by molar-refractivity contribution is 6.20. The van der Waals surface area contributed by atoms with Gasteiger partial charge in [-0.15, -0.1) is 4.73 Å². The highest BCUT2D eigenvalue weighted by atomic mass is 16.7. The molecule has 36 heavy (non-hydrogen) atoms. The predicted molar refractivity (Wildman–Crippen MR) is 123 cm³/mol. The molecule has 0 aromatic carbocycles. The number of rotatable bonds is 8. The quantitative estimate of drug-likeness (QED) is 0.342. The average Bonchev–Trinajstić information content (AvgIpc) is 3.08. The molecule has 1 aliphatic rings. The third-order valence-electron chi connectivity index (χ3n) is 6.39. The molecule has 0 bridgehead atoms. The van der Waals surface area contributed by atoms with Crippen molar-refractivity contribution in [2.45, 2.75) is 77.1 Å². The molecule has 13 nitrogen and oxygen atoms in total. The lowest BCUT2D eigenvalue weighted by atomic mass is 9.58. The molecule has 0 spiro atoms. The van der Waals surface area contributed by atoms with Gasteiger partial charge in [-0.2, -0.15) is 0 Å². The fourth-order valence-electron chi connectivity index (χ4n) is 4.50. The van der Waals surface area contributed by atoms with Crippen LogP contribution in [0.1, 0.15) is 53.9 Å². The lowest BCUT2D eigenvalue weighted by molar-refractivity contribution is -0.197. The number of aliphatic carboxylic acids is 1. The number of carboxylic acid groups (broad SMARTS) is 1. The van der Waals surface area contributed by atoms with Gasteiger partial charge in [0.1, 0.15) is 11.9 Å². The Morgan fingerprint density at radius 3 is 2.17 bits per heavy atom. The highest BCUT2D eigenvalue weighted by Crippen LogP contribution is 2.48. The Kier molecular flexibility index (Phi) is 7.91. The molecule has 13 heteroatoms. The van der Waals surface area contributed by atoms with Crippen LogP contribution in [0.25, 0.3) is 0 Å². The number of hydrogen-bond acceptors (Lipinski definition) is 10. The summed E-state index contributed by atoms with van der Waals surface area (Å²) in [6.45, 7) is 7.09. The maximum atomic E-state index is 14.0. The summed E-state index contributed by atoms with van der Waals surface area (Å²) < 4.78 is 5.54. The first kappa shape index (κ1) is 28.8.